The number of carbonyl (C=O) groups excluding carboxylic acids is 1. The van der Waals surface area contributed by atoms with Crippen molar-refractivity contribution in [3.63, 3.8) is 0 Å². The van der Waals surface area contributed by atoms with E-state index < -0.39 is 5.97 Å². The number of aromatic nitrogens is 4. The van der Waals surface area contributed by atoms with E-state index in [0.717, 1.165) is 5.69 Å². The molecular formula is C19H20N4O3. The Morgan fingerprint density at radius 1 is 1.00 bits per heavy atom. The molecule has 0 saturated carbocycles. The Labute approximate surface area is 151 Å². The van der Waals surface area contributed by atoms with Crippen molar-refractivity contribution in [1.82, 2.24) is 20.2 Å². The van der Waals surface area contributed by atoms with Gasteiger partial charge in [-0.15, -0.1) is 5.10 Å². The van der Waals surface area contributed by atoms with E-state index in [9.17, 15) is 4.79 Å². The second kappa shape index (κ2) is 7.35. The molecule has 0 saturated heterocycles. The van der Waals surface area contributed by atoms with Crippen LogP contribution in [0.2, 0.25) is 0 Å². The van der Waals surface area contributed by atoms with E-state index >= 15 is 0 Å². The first-order chi connectivity index (χ1) is 12.4. The van der Waals surface area contributed by atoms with Gasteiger partial charge in [0.05, 0.1) is 5.69 Å². The molecule has 7 nitrogen and oxygen atoms in total. The third-order valence-electron chi connectivity index (χ3n) is 3.76. The number of esters is 1. The highest BCUT2D eigenvalue weighted by Gasteiger charge is 2.13. The molecule has 26 heavy (non-hydrogen) atoms. The second-order valence-corrected chi connectivity index (χ2v) is 6.79. The van der Waals surface area contributed by atoms with Gasteiger partial charge in [0.2, 0.25) is 0 Å². The highest BCUT2D eigenvalue weighted by atomic mass is 16.6. The third kappa shape index (κ3) is 4.44. The minimum absolute atomic E-state index is 0.0753. The highest BCUT2D eigenvalue weighted by molar-refractivity contribution is 5.74. The molecule has 0 aliphatic heterocycles. The lowest BCUT2D eigenvalue weighted by Crippen LogP contribution is -2.18. The largest absolute Gasteiger partial charge is 0.482 e. The van der Waals surface area contributed by atoms with Gasteiger partial charge in [-0.2, -0.15) is 0 Å². The summed E-state index contributed by atoms with van der Waals surface area (Å²) < 4.78 is 12.3. The number of carbonyl (C=O) groups is 1. The average molecular weight is 352 g/mol. The molecule has 1 aromatic heterocycles. The van der Waals surface area contributed by atoms with Crippen LogP contribution in [0.3, 0.4) is 0 Å². The molecule has 1 heterocycles. The normalized spacial score (nSPS) is 11.2. The molecular weight excluding hydrogens is 332 g/mol. The lowest BCUT2D eigenvalue weighted by molar-refractivity contribution is -0.136. The van der Waals surface area contributed by atoms with E-state index in [1.165, 1.54) is 16.6 Å². The van der Waals surface area contributed by atoms with E-state index in [1.807, 2.05) is 24.3 Å². The van der Waals surface area contributed by atoms with E-state index in [1.54, 1.807) is 24.3 Å². The molecule has 0 aliphatic rings. The van der Waals surface area contributed by atoms with Gasteiger partial charge in [-0.25, -0.2) is 9.48 Å². The van der Waals surface area contributed by atoms with Crippen molar-refractivity contribution < 1.29 is 14.3 Å². The predicted molar refractivity (Wildman–Crippen MR) is 95.4 cm³/mol. The van der Waals surface area contributed by atoms with Gasteiger partial charge in [0.15, 0.2) is 6.61 Å². The Kier molecular flexibility index (Phi) is 4.97. The zero-order chi connectivity index (χ0) is 18.6. The number of benzene rings is 2. The molecule has 0 N–H and O–H groups in total. The molecule has 2 aromatic carbocycles. The van der Waals surface area contributed by atoms with Gasteiger partial charge in [0.25, 0.3) is 0 Å². The van der Waals surface area contributed by atoms with Gasteiger partial charge in [0, 0.05) is 0 Å². The fraction of sp³-hybridized carbons (Fsp3) is 0.263. The van der Waals surface area contributed by atoms with E-state index in [0.29, 0.717) is 11.5 Å². The lowest BCUT2D eigenvalue weighted by Gasteiger charge is -2.19. The zero-order valence-electron chi connectivity index (χ0n) is 14.9. The number of tetrazole rings is 1. The molecule has 134 valence electrons. The summed E-state index contributed by atoms with van der Waals surface area (Å²) in [6.45, 7) is 6.27. The second-order valence-electron chi connectivity index (χ2n) is 6.79. The van der Waals surface area contributed by atoms with E-state index in [4.69, 9.17) is 9.47 Å². The van der Waals surface area contributed by atoms with Crippen molar-refractivity contribution in [2.24, 2.45) is 0 Å². The van der Waals surface area contributed by atoms with Crippen LogP contribution in [0.15, 0.2) is 54.9 Å². The van der Waals surface area contributed by atoms with Crippen molar-refractivity contribution in [1.29, 1.82) is 0 Å². The smallest absolute Gasteiger partial charge is 0.349 e. The Hall–Kier alpha value is -3.22. The minimum Gasteiger partial charge on any atom is -0.482 e. The SMILES string of the molecule is CC(C)(C)c1ccc(OCC(=O)Oc2ccc(-n3cnnn3)cc2)cc1. The quantitative estimate of drug-likeness (QED) is 0.519. The highest BCUT2D eigenvalue weighted by Crippen LogP contribution is 2.24. The summed E-state index contributed by atoms with van der Waals surface area (Å²) in [6, 6.07) is 14.6. The fourth-order valence-electron chi connectivity index (χ4n) is 2.30. The van der Waals surface area contributed by atoms with Crippen LogP contribution in [0.25, 0.3) is 5.69 Å². The van der Waals surface area contributed by atoms with Crippen molar-refractivity contribution in [3.8, 4) is 17.2 Å². The fourth-order valence-corrected chi connectivity index (χ4v) is 2.30. The van der Waals surface area contributed by atoms with Crippen LogP contribution in [-0.4, -0.2) is 32.8 Å². The summed E-state index contributed by atoms with van der Waals surface area (Å²) in [5.74, 6) is 0.586. The van der Waals surface area contributed by atoms with Crippen LogP contribution in [0.4, 0.5) is 0 Å². The van der Waals surface area contributed by atoms with E-state index in [2.05, 4.69) is 36.3 Å². The third-order valence-corrected chi connectivity index (χ3v) is 3.76. The van der Waals surface area contributed by atoms with Crippen LogP contribution in [0.1, 0.15) is 26.3 Å². The first kappa shape index (κ1) is 17.6. The number of ether oxygens (including phenoxy) is 2. The summed E-state index contributed by atoms with van der Waals surface area (Å²) in [6.07, 6.45) is 1.49. The molecule has 0 fully saturated rings. The molecule has 0 spiro atoms. The summed E-state index contributed by atoms with van der Waals surface area (Å²) >= 11 is 0. The van der Waals surface area contributed by atoms with Crippen LogP contribution in [0.5, 0.6) is 11.5 Å². The van der Waals surface area contributed by atoms with Crippen LogP contribution in [-0.2, 0) is 10.2 Å². The Morgan fingerprint density at radius 2 is 1.65 bits per heavy atom. The summed E-state index contributed by atoms with van der Waals surface area (Å²) in [5, 5.41) is 10.9. The standard InChI is InChI=1S/C19H20N4O3/c1-19(2,3)14-4-8-16(9-5-14)25-12-18(24)26-17-10-6-15(7-11-17)23-13-20-21-22-23/h4-11,13H,12H2,1-3H3. The first-order valence-electron chi connectivity index (χ1n) is 8.19. The Morgan fingerprint density at radius 3 is 2.23 bits per heavy atom. The molecule has 0 unspecified atom stereocenters. The zero-order valence-corrected chi connectivity index (χ0v) is 14.9. The van der Waals surface area contributed by atoms with Crippen LogP contribution in [0, 0.1) is 0 Å². The summed E-state index contributed by atoms with van der Waals surface area (Å²) in [4.78, 5) is 11.9. The summed E-state index contributed by atoms with van der Waals surface area (Å²) in [5.41, 5.74) is 2.05. The van der Waals surface area contributed by atoms with E-state index in [-0.39, 0.29) is 12.0 Å². The molecule has 7 heteroatoms. The van der Waals surface area contributed by atoms with Gasteiger partial charge in [0.1, 0.15) is 17.8 Å². The van der Waals surface area contributed by atoms with Crippen molar-refractivity contribution >= 4 is 5.97 Å². The molecule has 0 bridgehead atoms. The predicted octanol–water partition coefficient (Wildman–Crippen LogP) is 2.94. The lowest BCUT2D eigenvalue weighted by atomic mass is 9.87. The minimum atomic E-state index is -0.472. The molecule has 3 rings (SSSR count). The van der Waals surface area contributed by atoms with Crippen molar-refractivity contribution in [3.05, 3.63) is 60.4 Å². The van der Waals surface area contributed by atoms with Gasteiger partial charge in [-0.3, -0.25) is 0 Å². The molecule has 3 aromatic rings. The van der Waals surface area contributed by atoms with Gasteiger partial charge >= 0.3 is 5.97 Å². The van der Waals surface area contributed by atoms with Crippen LogP contribution < -0.4 is 9.47 Å². The molecule has 0 amide bonds. The van der Waals surface area contributed by atoms with Crippen molar-refractivity contribution in [2.45, 2.75) is 26.2 Å². The van der Waals surface area contributed by atoms with Crippen molar-refractivity contribution in [2.75, 3.05) is 6.61 Å². The summed E-state index contributed by atoms with van der Waals surface area (Å²) in [7, 11) is 0. The average Bonchev–Trinajstić information content (AvgIpc) is 3.15. The van der Waals surface area contributed by atoms with Gasteiger partial charge in [-0.05, 0) is 57.8 Å². The van der Waals surface area contributed by atoms with Gasteiger partial charge < -0.3 is 9.47 Å². The topological polar surface area (TPSA) is 79.1 Å². The molecule has 0 radical (unpaired) electrons. The Bertz CT molecular complexity index is 851. The maximum atomic E-state index is 11.9. The molecule has 0 aliphatic carbocycles. The molecule has 0 atom stereocenters. The number of hydrogen-bond acceptors (Lipinski definition) is 6. The number of nitrogens with zero attached hydrogens (tertiary/aromatic N) is 4. The number of rotatable bonds is 5. The monoisotopic (exact) mass is 352 g/mol. The van der Waals surface area contributed by atoms with Gasteiger partial charge in [-0.1, -0.05) is 32.9 Å². The Balaban J connectivity index is 1.52. The number of hydrogen-bond donors (Lipinski definition) is 0. The van der Waals surface area contributed by atoms with Crippen LogP contribution >= 0.6 is 0 Å². The first-order valence-corrected chi connectivity index (χ1v) is 8.19. The maximum absolute atomic E-state index is 11.9. The maximum Gasteiger partial charge on any atom is 0.349 e.